The third-order valence-electron chi connectivity index (χ3n) is 3.44. The van der Waals surface area contributed by atoms with Gasteiger partial charge in [-0.25, -0.2) is 0 Å². The summed E-state index contributed by atoms with van der Waals surface area (Å²) in [7, 11) is 1.65. The Kier molecular flexibility index (Phi) is 3.21. The molecule has 0 aliphatic heterocycles. The Morgan fingerprint density at radius 2 is 1.65 bits per heavy atom. The first-order valence-electron chi connectivity index (χ1n) is 6.44. The van der Waals surface area contributed by atoms with Gasteiger partial charge in [0.05, 0.1) is 7.11 Å². The Labute approximate surface area is 117 Å². The van der Waals surface area contributed by atoms with E-state index in [-0.39, 0.29) is 0 Å². The fourth-order valence-corrected chi connectivity index (χ4v) is 2.39. The maximum absolute atomic E-state index is 11.3. The zero-order chi connectivity index (χ0) is 13.9. The van der Waals surface area contributed by atoms with Crippen molar-refractivity contribution >= 4 is 17.1 Å². The lowest BCUT2D eigenvalue weighted by molar-refractivity contribution is 0.112. The van der Waals surface area contributed by atoms with Gasteiger partial charge in [-0.15, -0.1) is 0 Å². The van der Waals surface area contributed by atoms with Crippen LogP contribution in [0, 0.1) is 0 Å². The Hall–Kier alpha value is -2.61. The summed E-state index contributed by atoms with van der Waals surface area (Å²) in [6.07, 6.45) is 0.912. The Morgan fingerprint density at radius 1 is 0.900 bits per heavy atom. The van der Waals surface area contributed by atoms with E-state index in [1.165, 1.54) is 0 Å². The summed E-state index contributed by atoms with van der Waals surface area (Å²) in [5.41, 5.74) is 2.82. The number of carbonyl (C=O) groups excluding carboxylic acids is 1. The van der Waals surface area contributed by atoms with Crippen LogP contribution in [0.1, 0.15) is 10.4 Å². The molecule has 2 heteroatoms. The fourth-order valence-electron chi connectivity index (χ4n) is 2.39. The standard InChI is InChI=1S/C18H14O2/c1-20-17-8-6-13(7-9-17)15-10-14-4-2-3-5-18(14)16(11-15)12-19/h2-12H,1H3. The molecule has 0 unspecified atom stereocenters. The maximum Gasteiger partial charge on any atom is 0.150 e. The largest absolute Gasteiger partial charge is 0.497 e. The van der Waals surface area contributed by atoms with Crippen LogP contribution in [-0.2, 0) is 0 Å². The van der Waals surface area contributed by atoms with Crippen LogP contribution in [0.4, 0.5) is 0 Å². The molecule has 3 rings (SSSR count). The third-order valence-corrected chi connectivity index (χ3v) is 3.44. The van der Waals surface area contributed by atoms with Crippen LogP contribution in [-0.4, -0.2) is 13.4 Å². The second-order valence-electron chi connectivity index (χ2n) is 4.63. The molecule has 20 heavy (non-hydrogen) atoms. The monoisotopic (exact) mass is 262 g/mol. The number of fused-ring (bicyclic) bond motifs is 1. The number of ether oxygens (including phenoxy) is 1. The average molecular weight is 262 g/mol. The summed E-state index contributed by atoms with van der Waals surface area (Å²) in [5.74, 6) is 0.824. The maximum atomic E-state index is 11.3. The van der Waals surface area contributed by atoms with E-state index in [0.717, 1.165) is 33.9 Å². The van der Waals surface area contributed by atoms with Gasteiger partial charge in [0.15, 0.2) is 6.29 Å². The summed E-state index contributed by atoms with van der Waals surface area (Å²) < 4.78 is 5.16. The summed E-state index contributed by atoms with van der Waals surface area (Å²) in [5, 5.41) is 2.06. The molecular weight excluding hydrogens is 248 g/mol. The van der Waals surface area contributed by atoms with Gasteiger partial charge in [0, 0.05) is 5.56 Å². The second kappa shape index (κ2) is 5.17. The van der Waals surface area contributed by atoms with Gasteiger partial charge in [-0.2, -0.15) is 0 Å². The summed E-state index contributed by atoms with van der Waals surface area (Å²) in [4.78, 5) is 11.3. The molecule has 0 fully saturated rings. The van der Waals surface area contributed by atoms with Crippen molar-refractivity contribution in [3.05, 3.63) is 66.2 Å². The second-order valence-corrected chi connectivity index (χ2v) is 4.63. The molecule has 3 aromatic rings. The highest BCUT2D eigenvalue weighted by atomic mass is 16.5. The molecule has 0 N–H and O–H groups in total. The first-order chi connectivity index (χ1) is 9.81. The number of rotatable bonds is 3. The zero-order valence-corrected chi connectivity index (χ0v) is 11.2. The minimum absolute atomic E-state index is 0.717. The molecule has 0 aliphatic rings. The smallest absolute Gasteiger partial charge is 0.150 e. The first kappa shape index (κ1) is 12.4. The summed E-state index contributed by atoms with van der Waals surface area (Å²) in [6, 6.07) is 19.8. The minimum atomic E-state index is 0.717. The predicted molar refractivity (Wildman–Crippen MR) is 81.3 cm³/mol. The van der Waals surface area contributed by atoms with Crippen LogP contribution in [0.3, 0.4) is 0 Å². The molecule has 0 radical (unpaired) electrons. The van der Waals surface area contributed by atoms with E-state index in [2.05, 4.69) is 6.07 Å². The minimum Gasteiger partial charge on any atom is -0.497 e. The molecule has 0 aliphatic carbocycles. The molecule has 98 valence electrons. The van der Waals surface area contributed by atoms with Gasteiger partial charge >= 0.3 is 0 Å². The number of aldehydes is 1. The van der Waals surface area contributed by atoms with E-state index >= 15 is 0 Å². The molecule has 2 nitrogen and oxygen atoms in total. The van der Waals surface area contributed by atoms with Gasteiger partial charge in [0.1, 0.15) is 5.75 Å². The quantitative estimate of drug-likeness (QED) is 0.657. The zero-order valence-electron chi connectivity index (χ0n) is 11.2. The Morgan fingerprint density at radius 3 is 2.35 bits per heavy atom. The number of carbonyl (C=O) groups is 1. The molecule has 0 saturated heterocycles. The van der Waals surface area contributed by atoms with Gasteiger partial charge in [0.2, 0.25) is 0 Å². The van der Waals surface area contributed by atoms with E-state index in [1.54, 1.807) is 7.11 Å². The van der Waals surface area contributed by atoms with E-state index in [0.29, 0.717) is 5.56 Å². The van der Waals surface area contributed by atoms with Crippen molar-refractivity contribution < 1.29 is 9.53 Å². The van der Waals surface area contributed by atoms with Gasteiger partial charge < -0.3 is 4.74 Å². The normalized spacial score (nSPS) is 10.4. The topological polar surface area (TPSA) is 26.3 Å². The molecule has 3 aromatic carbocycles. The van der Waals surface area contributed by atoms with Crippen LogP contribution in [0.25, 0.3) is 21.9 Å². The number of benzene rings is 3. The number of hydrogen-bond donors (Lipinski definition) is 0. The van der Waals surface area contributed by atoms with Crippen molar-refractivity contribution in [3.8, 4) is 16.9 Å². The third kappa shape index (κ3) is 2.16. The van der Waals surface area contributed by atoms with Gasteiger partial charge in [0.25, 0.3) is 0 Å². The predicted octanol–water partition coefficient (Wildman–Crippen LogP) is 4.33. The molecule has 0 aromatic heterocycles. The molecule has 0 heterocycles. The fraction of sp³-hybridized carbons (Fsp3) is 0.0556. The van der Waals surface area contributed by atoms with Crippen molar-refractivity contribution in [2.45, 2.75) is 0 Å². The highest BCUT2D eigenvalue weighted by Gasteiger charge is 2.05. The van der Waals surface area contributed by atoms with Crippen molar-refractivity contribution in [3.63, 3.8) is 0 Å². The SMILES string of the molecule is COc1ccc(-c2cc(C=O)c3ccccc3c2)cc1. The van der Waals surface area contributed by atoms with Crippen molar-refractivity contribution in [2.24, 2.45) is 0 Å². The Bertz CT molecular complexity index is 758. The molecule has 0 bridgehead atoms. The highest BCUT2D eigenvalue weighted by Crippen LogP contribution is 2.28. The van der Waals surface area contributed by atoms with E-state index in [9.17, 15) is 4.79 Å². The van der Waals surface area contributed by atoms with Crippen LogP contribution in [0.2, 0.25) is 0 Å². The van der Waals surface area contributed by atoms with Crippen molar-refractivity contribution in [2.75, 3.05) is 7.11 Å². The summed E-state index contributed by atoms with van der Waals surface area (Å²) in [6.45, 7) is 0. The van der Waals surface area contributed by atoms with E-state index in [4.69, 9.17) is 4.74 Å². The molecular formula is C18H14O2. The van der Waals surface area contributed by atoms with Gasteiger partial charge in [-0.1, -0.05) is 36.4 Å². The summed E-state index contributed by atoms with van der Waals surface area (Å²) >= 11 is 0. The lowest BCUT2D eigenvalue weighted by Crippen LogP contribution is -1.87. The lowest BCUT2D eigenvalue weighted by Gasteiger charge is -2.08. The van der Waals surface area contributed by atoms with Gasteiger partial charge in [-0.05, 0) is 46.2 Å². The van der Waals surface area contributed by atoms with Crippen molar-refractivity contribution in [1.82, 2.24) is 0 Å². The molecule has 0 saturated carbocycles. The number of hydrogen-bond acceptors (Lipinski definition) is 2. The average Bonchev–Trinajstić information content (AvgIpc) is 2.54. The number of methoxy groups -OCH3 is 1. The highest BCUT2D eigenvalue weighted by molar-refractivity contribution is 6.00. The van der Waals surface area contributed by atoms with E-state index in [1.807, 2.05) is 54.6 Å². The van der Waals surface area contributed by atoms with Crippen LogP contribution < -0.4 is 4.74 Å². The van der Waals surface area contributed by atoms with Gasteiger partial charge in [-0.3, -0.25) is 4.79 Å². The van der Waals surface area contributed by atoms with E-state index < -0.39 is 0 Å². The molecule has 0 atom stereocenters. The van der Waals surface area contributed by atoms with Crippen molar-refractivity contribution in [1.29, 1.82) is 0 Å². The van der Waals surface area contributed by atoms with Crippen LogP contribution in [0.15, 0.2) is 60.7 Å². The molecule has 0 amide bonds. The lowest BCUT2D eigenvalue weighted by atomic mass is 9.97. The Balaban J connectivity index is 2.17. The van der Waals surface area contributed by atoms with Crippen LogP contribution >= 0.6 is 0 Å². The first-order valence-corrected chi connectivity index (χ1v) is 6.44. The molecule has 0 spiro atoms. The van der Waals surface area contributed by atoms with Crippen LogP contribution in [0.5, 0.6) is 5.75 Å².